The van der Waals surface area contributed by atoms with Crippen molar-refractivity contribution in [2.24, 2.45) is 4.40 Å². The van der Waals surface area contributed by atoms with Crippen LogP contribution in [0.1, 0.15) is 0 Å². The van der Waals surface area contributed by atoms with Gasteiger partial charge in [0.2, 0.25) is 0 Å². The van der Waals surface area contributed by atoms with Crippen molar-refractivity contribution in [1.29, 1.82) is 0 Å². The zero-order valence-corrected chi connectivity index (χ0v) is 8.15. The highest BCUT2D eigenvalue weighted by molar-refractivity contribution is 8.22. The Hall–Kier alpha value is -0.940. The standard InChI is InChI=1S/C8H5N3S2/c1-2-9-3-6-5(1)4-12-8-7(6)10-13-11-8/h1-4,10H. The molecule has 3 rings (SSSR count). The fourth-order valence-electron chi connectivity index (χ4n) is 1.29. The fourth-order valence-corrected chi connectivity index (χ4v) is 2.88. The van der Waals surface area contributed by atoms with Gasteiger partial charge in [-0.25, -0.2) is 0 Å². The second kappa shape index (κ2) is 2.78. The van der Waals surface area contributed by atoms with Gasteiger partial charge in [0.25, 0.3) is 0 Å². The molecule has 3 heterocycles. The molecule has 0 saturated carbocycles. The van der Waals surface area contributed by atoms with Crippen molar-refractivity contribution in [2.45, 2.75) is 0 Å². The molecule has 0 amide bonds. The number of aromatic nitrogens is 1. The normalized spacial score (nSPS) is 18.2. The Bertz CT molecular complexity index is 506. The first-order valence-corrected chi connectivity index (χ1v) is 5.42. The first-order valence-electron chi connectivity index (χ1n) is 3.77. The number of thioether (sulfide) groups is 1. The summed E-state index contributed by atoms with van der Waals surface area (Å²) in [6.45, 7) is 0. The van der Waals surface area contributed by atoms with Crippen LogP contribution >= 0.6 is 23.9 Å². The van der Waals surface area contributed by atoms with Gasteiger partial charge in [0, 0.05) is 17.6 Å². The summed E-state index contributed by atoms with van der Waals surface area (Å²) in [5, 5.41) is 5.51. The highest BCUT2D eigenvalue weighted by Crippen LogP contribution is 2.24. The molecule has 0 atom stereocenters. The van der Waals surface area contributed by atoms with Crippen LogP contribution in [0.25, 0.3) is 11.1 Å². The van der Waals surface area contributed by atoms with Gasteiger partial charge in [0.15, 0.2) is 0 Å². The molecule has 0 saturated heterocycles. The van der Waals surface area contributed by atoms with Crippen LogP contribution in [0.15, 0.2) is 22.9 Å². The van der Waals surface area contributed by atoms with E-state index in [0.717, 1.165) is 16.0 Å². The van der Waals surface area contributed by atoms with Gasteiger partial charge in [0.1, 0.15) is 5.04 Å². The van der Waals surface area contributed by atoms with E-state index >= 15 is 0 Å². The summed E-state index contributed by atoms with van der Waals surface area (Å²) in [5.41, 5.74) is 1.10. The molecule has 64 valence electrons. The summed E-state index contributed by atoms with van der Waals surface area (Å²) in [6.07, 6.45) is 3.68. The van der Waals surface area contributed by atoms with Crippen LogP contribution in [0.3, 0.4) is 0 Å². The van der Waals surface area contributed by atoms with E-state index in [4.69, 9.17) is 0 Å². The molecule has 3 nitrogen and oxygen atoms in total. The van der Waals surface area contributed by atoms with Crippen LogP contribution in [0.4, 0.5) is 0 Å². The van der Waals surface area contributed by atoms with Crippen LogP contribution in [0.2, 0.25) is 0 Å². The molecule has 0 radical (unpaired) electrons. The van der Waals surface area contributed by atoms with Crippen LogP contribution in [-0.4, -0.2) is 10.0 Å². The molecule has 2 aliphatic rings. The SMILES string of the molecule is C1=c2ccncc2=C2NSN=C2S1. The van der Waals surface area contributed by atoms with Gasteiger partial charge in [0.05, 0.1) is 17.8 Å². The highest BCUT2D eigenvalue weighted by atomic mass is 32.2. The monoisotopic (exact) mass is 207 g/mol. The molecular formula is C8H5N3S2. The van der Waals surface area contributed by atoms with E-state index in [1.54, 1.807) is 18.0 Å². The molecule has 0 aliphatic carbocycles. The molecule has 0 fully saturated rings. The smallest absolute Gasteiger partial charge is 0.135 e. The predicted octanol–water partition coefficient (Wildman–Crippen LogP) is 0.239. The fraction of sp³-hybridized carbons (Fsp3) is 0. The lowest BCUT2D eigenvalue weighted by Gasteiger charge is -2.04. The number of pyridine rings is 1. The maximum Gasteiger partial charge on any atom is 0.135 e. The lowest BCUT2D eigenvalue weighted by Crippen LogP contribution is -2.33. The lowest BCUT2D eigenvalue weighted by molar-refractivity contribution is 1.26. The maximum absolute atomic E-state index is 4.25. The van der Waals surface area contributed by atoms with Gasteiger partial charge < -0.3 is 4.72 Å². The molecule has 2 aliphatic heterocycles. The van der Waals surface area contributed by atoms with E-state index in [9.17, 15) is 0 Å². The van der Waals surface area contributed by atoms with Crippen molar-refractivity contribution < 1.29 is 0 Å². The highest BCUT2D eigenvalue weighted by Gasteiger charge is 2.17. The first-order chi connectivity index (χ1) is 6.45. The summed E-state index contributed by atoms with van der Waals surface area (Å²) in [6, 6.07) is 2.01. The summed E-state index contributed by atoms with van der Waals surface area (Å²) in [4.78, 5) is 4.10. The molecule has 1 N–H and O–H groups in total. The average molecular weight is 207 g/mol. The van der Waals surface area contributed by atoms with Gasteiger partial charge in [-0.2, -0.15) is 4.40 Å². The largest absolute Gasteiger partial charge is 0.307 e. The topological polar surface area (TPSA) is 37.3 Å². The number of rotatable bonds is 0. The van der Waals surface area contributed by atoms with Crippen LogP contribution in [-0.2, 0) is 0 Å². The lowest BCUT2D eigenvalue weighted by atomic mass is 10.3. The third kappa shape index (κ3) is 1.08. The summed E-state index contributed by atoms with van der Waals surface area (Å²) >= 11 is 3.03. The van der Waals surface area contributed by atoms with E-state index < -0.39 is 0 Å². The zero-order chi connectivity index (χ0) is 8.67. The molecule has 0 bridgehead atoms. The van der Waals surface area contributed by atoms with E-state index in [2.05, 4.69) is 19.5 Å². The minimum Gasteiger partial charge on any atom is -0.307 e. The van der Waals surface area contributed by atoms with Gasteiger partial charge >= 0.3 is 0 Å². The van der Waals surface area contributed by atoms with E-state index in [1.807, 2.05) is 12.3 Å². The van der Waals surface area contributed by atoms with Crippen LogP contribution in [0.5, 0.6) is 0 Å². The van der Waals surface area contributed by atoms with E-state index in [-0.39, 0.29) is 0 Å². The van der Waals surface area contributed by atoms with Gasteiger partial charge in [-0.05, 0) is 16.7 Å². The maximum atomic E-state index is 4.25. The predicted molar refractivity (Wildman–Crippen MR) is 57.1 cm³/mol. The van der Waals surface area contributed by atoms with Gasteiger partial charge in [-0.3, -0.25) is 4.98 Å². The molecule has 0 aromatic carbocycles. The second-order valence-corrected chi connectivity index (χ2v) is 4.09. The molecule has 5 heteroatoms. The molecule has 0 unspecified atom stereocenters. The quantitative estimate of drug-likeness (QED) is 0.618. The summed E-state index contributed by atoms with van der Waals surface area (Å²) < 4.78 is 7.41. The van der Waals surface area contributed by atoms with Crippen molar-refractivity contribution in [2.75, 3.05) is 0 Å². The number of hydrogen-bond acceptors (Lipinski definition) is 5. The zero-order valence-electron chi connectivity index (χ0n) is 6.52. The van der Waals surface area contributed by atoms with Crippen molar-refractivity contribution >= 4 is 40.0 Å². The Labute approximate surface area is 83.3 Å². The first kappa shape index (κ1) is 7.46. The summed E-state index contributed by atoms with van der Waals surface area (Å²) in [7, 11) is 0. The Morgan fingerprint density at radius 1 is 1.38 bits per heavy atom. The number of nitrogens with zero attached hydrogens (tertiary/aromatic N) is 2. The molecule has 1 aromatic heterocycles. The molecule has 1 aromatic rings. The molecule has 13 heavy (non-hydrogen) atoms. The van der Waals surface area contributed by atoms with Crippen molar-refractivity contribution in [3.05, 3.63) is 28.9 Å². The molecular weight excluding hydrogens is 202 g/mol. The molecule has 0 spiro atoms. The Morgan fingerprint density at radius 2 is 2.38 bits per heavy atom. The Kier molecular flexibility index (Phi) is 1.60. The third-order valence-corrected chi connectivity index (χ3v) is 3.49. The van der Waals surface area contributed by atoms with Crippen LogP contribution in [0, 0.1) is 0 Å². The Balaban J connectivity index is 2.46. The minimum atomic E-state index is 1.05. The number of fused-ring (bicyclic) bond motifs is 2. The average Bonchev–Trinajstić information content (AvgIpc) is 2.65. The van der Waals surface area contributed by atoms with E-state index in [1.165, 1.54) is 17.4 Å². The number of hydrogen-bond donors (Lipinski definition) is 1. The van der Waals surface area contributed by atoms with Crippen molar-refractivity contribution in [3.8, 4) is 0 Å². The van der Waals surface area contributed by atoms with Crippen molar-refractivity contribution in [3.63, 3.8) is 0 Å². The minimum absolute atomic E-state index is 1.05. The van der Waals surface area contributed by atoms with E-state index in [0.29, 0.717) is 0 Å². The number of nitrogens with one attached hydrogen (secondary N) is 1. The second-order valence-electron chi connectivity index (χ2n) is 2.66. The van der Waals surface area contributed by atoms with Crippen molar-refractivity contribution in [1.82, 2.24) is 9.71 Å². The van der Waals surface area contributed by atoms with Gasteiger partial charge in [-0.15, -0.1) is 0 Å². The Morgan fingerprint density at radius 3 is 3.38 bits per heavy atom. The van der Waals surface area contributed by atoms with Crippen LogP contribution < -0.4 is 15.2 Å². The summed E-state index contributed by atoms with van der Waals surface area (Å²) in [5.74, 6) is 0. The third-order valence-electron chi connectivity index (χ3n) is 1.91. The van der Waals surface area contributed by atoms with Gasteiger partial charge in [-0.1, -0.05) is 11.8 Å².